The van der Waals surface area contributed by atoms with E-state index in [-0.39, 0.29) is 11.3 Å². The molecule has 152 valence electrons. The molecule has 2 N–H and O–H groups in total. The molecule has 0 bridgehead atoms. The van der Waals surface area contributed by atoms with Crippen molar-refractivity contribution in [1.82, 2.24) is 10.3 Å². The van der Waals surface area contributed by atoms with E-state index in [0.29, 0.717) is 27.9 Å². The molecule has 0 aliphatic carbocycles. The van der Waals surface area contributed by atoms with Crippen LogP contribution in [-0.2, 0) is 4.79 Å². The third-order valence-corrected chi connectivity index (χ3v) is 6.26. The maximum Gasteiger partial charge on any atom is 0.266 e. The van der Waals surface area contributed by atoms with Crippen LogP contribution in [-0.4, -0.2) is 42.5 Å². The average Bonchev–Trinajstić information content (AvgIpc) is 3.14. The quantitative estimate of drug-likeness (QED) is 0.741. The number of Topliss-reactive ketones (excluding diaryl/α,β-unsaturated/α-hetero) is 1. The van der Waals surface area contributed by atoms with Crippen molar-refractivity contribution in [3.63, 3.8) is 0 Å². The summed E-state index contributed by atoms with van der Waals surface area (Å²) in [4.78, 5) is 30.1. The number of nitrogens with zero attached hydrogens (tertiary/aromatic N) is 1. The highest BCUT2D eigenvalue weighted by molar-refractivity contribution is 7.07. The van der Waals surface area contributed by atoms with E-state index < -0.39 is 5.54 Å². The number of fused-ring (bicyclic) bond motifs is 1. The van der Waals surface area contributed by atoms with Crippen LogP contribution >= 0.6 is 11.3 Å². The Kier molecular flexibility index (Phi) is 4.96. The highest BCUT2D eigenvalue weighted by Crippen LogP contribution is 2.33. The van der Waals surface area contributed by atoms with Crippen molar-refractivity contribution >= 4 is 34.5 Å². The number of anilines is 1. The van der Waals surface area contributed by atoms with Gasteiger partial charge in [-0.05, 0) is 44.5 Å². The fourth-order valence-corrected chi connectivity index (χ4v) is 4.62. The number of ketones is 1. The van der Waals surface area contributed by atoms with Gasteiger partial charge in [0.2, 0.25) is 0 Å². The first-order valence-corrected chi connectivity index (χ1v) is 10.5. The van der Waals surface area contributed by atoms with Crippen molar-refractivity contribution in [3.05, 3.63) is 55.5 Å². The van der Waals surface area contributed by atoms with Crippen molar-refractivity contribution in [1.29, 1.82) is 0 Å². The predicted molar refractivity (Wildman–Crippen MR) is 117 cm³/mol. The number of benzene rings is 1. The second-order valence-corrected chi connectivity index (χ2v) is 9.19. The molecule has 2 aromatic rings. The highest BCUT2D eigenvalue weighted by atomic mass is 32.1. The molecule has 2 aliphatic heterocycles. The molecule has 1 saturated heterocycles. The lowest BCUT2D eigenvalue weighted by molar-refractivity contribution is -0.117. The molecule has 0 unspecified atom stereocenters. The molecule has 0 radical (unpaired) electrons. The molecule has 4 rings (SSSR count). The van der Waals surface area contributed by atoms with Gasteiger partial charge >= 0.3 is 0 Å². The minimum Gasteiger partial charge on any atom is -0.490 e. The van der Waals surface area contributed by atoms with E-state index in [1.807, 2.05) is 45.0 Å². The Morgan fingerprint density at radius 3 is 2.86 bits per heavy atom. The molecule has 3 heterocycles. The number of hydrogen-bond acceptors (Lipinski definition) is 6. The number of aromatic nitrogens is 1. The number of carbonyl (C=O) groups excluding carboxylic acids is 1. The fraction of sp³-hybridized carbons (Fsp3) is 0.364. The summed E-state index contributed by atoms with van der Waals surface area (Å²) in [6, 6.07) is 5.92. The second-order valence-electron chi connectivity index (χ2n) is 8.13. The largest absolute Gasteiger partial charge is 0.490 e. The molecular formula is C22H25N3O3S. The third-order valence-electron chi connectivity index (χ3n) is 5.19. The van der Waals surface area contributed by atoms with Gasteiger partial charge in [0.1, 0.15) is 17.0 Å². The Morgan fingerprint density at radius 2 is 2.17 bits per heavy atom. The van der Waals surface area contributed by atoms with Crippen LogP contribution in [0, 0.1) is 0 Å². The highest BCUT2D eigenvalue weighted by Gasteiger charge is 2.36. The molecule has 29 heavy (non-hydrogen) atoms. The molecular weight excluding hydrogens is 386 g/mol. The molecule has 6 nitrogen and oxygen atoms in total. The van der Waals surface area contributed by atoms with Crippen molar-refractivity contribution < 1.29 is 9.53 Å². The maximum absolute atomic E-state index is 12.5. The van der Waals surface area contributed by atoms with Gasteiger partial charge in [0.25, 0.3) is 5.56 Å². The summed E-state index contributed by atoms with van der Waals surface area (Å²) in [5.74, 6) is 0.874. The zero-order valence-electron chi connectivity index (χ0n) is 16.9. The molecule has 1 fully saturated rings. The fourth-order valence-electron chi connectivity index (χ4n) is 3.63. The summed E-state index contributed by atoms with van der Waals surface area (Å²) >= 11 is 1.32. The summed E-state index contributed by atoms with van der Waals surface area (Å²) in [6.07, 6.45) is 1.86. The number of H-pyrrole nitrogens is 1. The summed E-state index contributed by atoms with van der Waals surface area (Å²) in [6.45, 7) is 12.4. The lowest BCUT2D eigenvalue weighted by Gasteiger charge is -2.31. The predicted octanol–water partition coefficient (Wildman–Crippen LogP) is 1.14. The first-order valence-electron chi connectivity index (χ1n) is 9.64. The molecule has 2 aliphatic rings. The Morgan fingerprint density at radius 1 is 1.38 bits per heavy atom. The molecule has 0 saturated carbocycles. The average molecular weight is 412 g/mol. The van der Waals surface area contributed by atoms with Gasteiger partial charge in [-0.15, -0.1) is 11.3 Å². The maximum atomic E-state index is 12.5. The Labute approximate surface area is 173 Å². The van der Waals surface area contributed by atoms with Crippen molar-refractivity contribution in [3.8, 4) is 5.75 Å². The summed E-state index contributed by atoms with van der Waals surface area (Å²) < 4.78 is 6.98. The van der Waals surface area contributed by atoms with Gasteiger partial charge in [-0.25, -0.2) is 0 Å². The normalized spacial score (nSPS) is 20.6. The van der Waals surface area contributed by atoms with E-state index in [4.69, 9.17) is 4.74 Å². The van der Waals surface area contributed by atoms with Gasteiger partial charge in [-0.1, -0.05) is 18.2 Å². The monoisotopic (exact) mass is 411 g/mol. The topological polar surface area (TPSA) is 74.4 Å². The standard InChI is InChI=1S/C22H25N3O3S/c1-13(2)12-25-7-8-28-17-6-5-14(9-16(17)25)10-18-20(27)24-21(29-18)15-11-23-22(3,4)19(15)26/h5-6,9-10,23H,1,7-8,11-12H2,2-4H3,(H,24,27)/b18-10-,21-15+. The van der Waals surface area contributed by atoms with Gasteiger partial charge in [0.15, 0.2) is 5.78 Å². The molecule has 0 spiro atoms. The zero-order valence-corrected chi connectivity index (χ0v) is 17.7. The smallest absolute Gasteiger partial charge is 0.266 e. The molecule has 1 aromatic heterocycles. The Balaban J connectivity index is 1.75. The van der Waals surface area contributed by atoms with Gasteiger partial charge in [0.05, 0.1) is 22.3 Å². The Bertz CT molecular complexity index is 1170. The van der Waals surface area contributed by atoms with Gasteiger partial charge in [-0.2, -0.15) is 0 Å². The number of hydrogen-bond donors (Lipinski definition) is 2. The molecule has 0 atom stereocenters. The Hall–Kier alpha value is -2.64. The number of rotatable bonds is 3. The zero-order chi connectivity index (χ0) is 20.8. The van der Waals surface area contributed by atoms with E-state index in [9.17, 15) is 9.59 Å². The van der Waals surface area contributed by atoms with Crippen LogP contribution in [0.4, 0.5) is 5.69 Å². The van der Waals surface area contributed by atoms with Crippen molar-refractivity contribution in [2.45, 2.75) is 26.3 Å². The van der Waals surface area contributed by atoms with Crippen LogP contribution in [0.15, 0.2) is 35.1 Å². The van der Waals surface area contributed by atoms with Crippen LogP contribution in [0.25, 0.3) is 11.6 Å². The minimum atomic E-state index is -0.592. The number of carbonyl (C=O) groups is 1. The van der Waals surface area contributed by atoms with E-state index in [1.165, 1.54) is 11.3 Å². The third kappa shape index (κ3) is 3.80. The van der Waals surface area contributed by atoms with Crippen LogP contribution in [0.5, 0.6) is 5.75 Å². The van der Waals surface area contributed by atoms with Crippen LogP contribution in [0.2, 0.25) is 0 Å². The minimum absolute atomic E-state index is 0.0305. The molecule has 7 heteroatoms. The first-order chi connectivity index (χ1) is 13.7. The van der Waals surface area contributed by atoms with Gasteiger partial charge in [-0.3, -0.25) is 9.59 Å². The van der Waals surface area contributed by atoms with Crippen molar-refractivity contribution in [2.24, 2.45) is 0 Å². The lowest BCUT2D eigenvalue weighted by atomic mass is 10.00. The van der Waals surface area contributed by atoms with E-state index in [2.05, 4.69) is 21.8 Å². The van der Waals surface area contributed by atoms with Crippen LogP contribution < -0.4 is 29.7 Å². The second kappa shape index (κ2) is 7.31. The van der Waals surface area contributed by atoms with E-state index in [0.717, 1.165) is 35.7 Å². The lowest BCUT2D eigenvalue weighted by Crippen LogP contribution is -2.38. The summed E-state index contributed by atoms with van der Waals surface area (Å²) in [5, 5.41) is 3.19. The summed E-state index contributed by atoms with van der Waals surface area (Å²) in [5.41, 5.74) is 2.88. The number of aromatic amines is 1. The number of nitrogens with one attached hydrogen (secondary N) is 2. The van der Waals surface area contributed by atoms with Crippen molar-refractivity contribution in [2.75, 3.05) is 31.1 Å². The SMILES string of the molecule is C=C(C)CN1CCOc2ccc(/C=c3\s/c(=C4\CNC(C)(C)C4=O)[nH]c3=O)cc21. The summed E-state index contributed by atoms with van der Waals surface area (Å²) in [7, 11) is 0. The molecule has 1 aromatic carbocycles. The molecule has 0 amide bonds. The first kappa shape index (κ1) is 19.7. The number of thiazole rings is 1. The van der Waals surface area contributed by atoms with E-state index in [1.54, 1.807) is 0 Å². The number of ether oxygens (including phenoxy) is 1. The van der Waals surface area contributed by atoms with E-state index >= 15 is 0 Å². The van der Waals surface area contributed by atoms with Crippen LogP contribution in [0.1, 0.15) is 26.3 Å². The van der Waals surface area contributed by atoms with Crippen LogP contribution in [0.3, 0.4) is 0 Å². The van der Waals surface area contributed by atoms with Gasteiger partial charge < -0.3 is 19.9 Å². The van der Waals surface area contributed by atoms with Gasteiger partial charge in [0, 0.05) is 18.7 Å².